The Kier molecular flexibility index (Phi) is 7.28. The highest BCUT2D eigenvalue weighted by atomic mass is 35.5. The molecule has 0 atom stereocenters. The summed E-state index contributed by atoms with van der Waals surface area (Å²) in [5.74, 6) is -0.907. The van der Waals surface area contributed by atoms with Gasteiger partial charge in [-0.3, -0.25) is 4.79 Å². The zero-order valence-electron chi connectivity index (χ0n) is 15.3. The highest BCUT2D eigenvalue weighted by Crippen LogP contribution is 2.35. The third-order valence-corrected chi connectivity index (χ3v) is 3.87. The molecule has 28 heavy (non-hydrogen) atoms. The van der Waals surface area contributed by atoms with Crippen LogP contribution < -0.4 is 14.2 Å². The smallest absolute Gasteiger partial charge is 0.341 e. The van der Waals surface area contributed by atoms with Gasteiger partial charge in [0, 0.05) is 5.56 Å². The Labute approximate surface area is 166 Å². The SMILES string of the molecule is CCOc1cc(/C=C\C(=O)c2ccc(OCC(=O)O)c(OC)c2)cc(Cl)c1O. The van der Waals surface area contributed by atoms with Crippen LogP contribution in [-0.4, -0.2) is 42.3 Å². The van der Waals surface area contributed by atoms with Crippen LogP contribution in [0.25, 0.3) is 6.08 Å². The molecule has 0 aliphatic carbocycles. The van der Waals surface area contributed by atoms with Crippen molar-refractivity contribution in [2.24, 2.45) is 0 Å². The molecular formula is C20H19ClO7. The minimum atomic E-state index is -1.12. The van der Waals surface area contributed by atoms with Gasteiger partial charge in [0.1, 0.15) is 0 Å². The summed E-state index contributed by atoms with van der Waals surface area (Å²) in [5, 5.41) is 18.7. The van der Waals surface area contributed by atoms with E-state index in [0.29, 0.717) is 17.7 Å². The predicted octanol–water partition coefficient (Wildman–Crippen LogP) is 3.81. The Morgan fingerprint density at radius 2 is 1.86 bits per heavy atom. The van der Waals surface area contributed by atoms with E-state index in [0.717, 1.165) is 0 Å². The molecule has 0 heterocycles. The van der Waals surface area contributed by atoms with Crippen LogP contribution in [0.2, 0.25) is 5.02 Å². The fraction of sp³-hybridized carbons (Fsp3) is 0.200. The zero-order valence-corrected chi connectivity index (χ0v) is 16.0. The minimum absolute atomic E-state index is 0.111. The van der Waals surface area contributed by atoms with Gasteiger partial charge in [-0.1, -0.05) is 17.7 Å². The number of hydrogen-bond donors (Lipinski definition) is 2. The van der Waals surface area contributed by atoms with Gasteiger partial charge < -0.3 is 24.4 Å². The first kappa shape index (κ1) is 21.1. The zero-order chi connectivity index (χ0) is 20.7. The first-order valence-corrected chi connectivity index (χ1v) is 8.63. The van der Waals surface area contributed by atoms with Crippen molar-refractivity contribution in [2.75, 3.05) is 20.3 Å². The molecule has 7 nitrogen and oxygen atoms in total. The second-order valence-electron chi connectivity index (χ2n) is 5.53. The summed E-state index contributed by atoms with van der Waals surface area (Å²) in [7, 11) is 1.39. The van der Waals surface area contributed by atoms with E-state index >= 15 is 0 Å². The number of rotatable bonds is 9. The van der Waals surface area contributed by atoms with Gasteiger partial charge in [-0.25, -0.2) is 4.79 Å². The van der Waals surface area contributed by atoms with Crippen LogP contribution in [0.5, 0.6) is 23.0 Å². The topological polar surface area (TPSA) is 102 Å². The number of hydrogen-bond acceptors (Lipinski definition) is 6. The van der Waals surface area contributed by atoms with Gasteiger partial charge in [0.15, 0.2) is 35.4 Å². The molecular weight excluding hydrogens is 388 g/mol. The molecule has 8 heteroatoms. The second kappa shape index (κ2) is 9.66. The number of benzene rings is 2. The molecule has 0 aromatic heterocycles. The van der Waals surface area contributed by atoms with Crippen LogP contribution in [-0.2, 0) is 4.79 Å². The Morgan fingerprint density at radius 1 is 1.11 bits per heavy atom. The van der Waals surface area contributed by atoms with Gasteiger partial charge in [-0.2, -0.15) is 0 Å². The van der Waals surface area contributed by atoms with Crippen molar-refractivity contribution in [1.82, 2.24) is 0 Å². The molecule has 0 unspecified atom stereocenters. The average Bonchev–Trinajstić information content (AvgIpc) is 2.68. The number of ketones is 1. The maximum absolute atomic E-state index is 12.4. The molecule has 0 saturated heterocycles. The van der Waals surface area contributed by atoms with E-state index in [9.17, 15) is 14.7 Å². The summed E-state index contributed by atoms with van der Waals surface area (Å²) < 4.78 is 15.6. The number of carbonyl (C=O) groups is 2. The van der Waals surface area contributed by atoms with Crippen LogP contribution in [0.3, 0.4) is 0 Å². The Balaban J connectivity index is 2.21. The molecule has 2 aromatic carbocycles. The van der Waals surface area contributed by atoms with Crippen molar-refractivity contribution in [3.8, 4) is 23.0 Å². The summed E-state index contributed by atoms with van der Waals surface area (Å²) in [5.41, 5.74) is 0.902. The summed E-state index contributed by atoms with van der Waals surface area (Å²) in [6, 6.07) is 7.50. The van der Waals surface area contributed by atoms with E-state index in [1.54, 1.807) is 13.0 Å². The summed E-state index contributed by atoms with van der Waals surface area (Å²) >= 11 is 5.97. The fourth-order valence-corrected chi connectivity index (χ4v) is 2.52. The number of carboxylic acid groups (broad SMARTS) is 1. The van der Waals surface area contributed by atoms with E-state index in [1.165, 1.54) is 43.5 Å². The molecule has 0 saturated carbocycles. The van der Waals surface area contributed by atoms with Gasteiger partial charge in [0.05, 0.1) is 18.7 Å². The fourth-order valence-electron chi connectivity index (χ4n) is 2.30. The number of allylic oxidation sites excluding steroid dienone is 1. The van der Waals surface area contributed by atoms with Crippen LogP contribution in [0, 0.1) is 0 Å². The third-order valence-electron chi connectivity index (χ3n) is 3.58. The van der Waals surface area contributed by atoms with E-state index < -0.39 is 12.6 Å². The normalized spacial score (nSPS) is 10.7. The van der Waals surface area contributed by atoms with E-state index in [1.807, 2.05) is 0 Å². The number of carboxylic acids is 1. The lowest BCUT2D eigenvalue weighted by atomic mass is 10.1. The highest BCUT2D eigenvalue weighted by Gasteiger charge is 2.12. The molecule has 0 amide bonds. The summed E-state index contributed by atoms with van der Waals surface area (Å²) in [6.45, 7) is 1.61. The van der Waals surface area contributed by atoms with Crippen molar-refractivity contribution < 1.29 is 34.0 Å². The largest absolute Gasteiger partial charge is 0.503 e. The molecule has 0 aliphatic heterocycles. The van der Waals surface area contributed by atoms with Crippen LogP contribution >= 0.6 is 11.6 Å². The molecule has 0 radical (unpaired) electrons. The monoisotopic (exact) mass is 406 g/mol. The quantitative estimate of drug-likeness (QED) is 0.482. The number of methoxy groups -OCH3 is 1. The van der Waals surface area contributed by atoms with Crippen LogP contribution in [0.4, 0.5) is 0 Å². The number of ether oxygens (including phenoxy) is 3. The standard InChI is InChI=1S/C20H19ClO7/c1-3-27-18-9-12(8-14(21)20(18)25)4-6-15(22)13-5-7-16(17(10-13)26-2)28-11-19(23)24/h4-10,25H,3,11H2,1-2H3,(H,23,24)/b6-4-. The lowest BCUT2D eigenvalue weighted by Gasteiger charge is -2.10. The number of phenolic OH excluding ortho intramolecular Hbond substituents is 1. The maximum Gasteiger partial charge on any atom is 0.341 e. The Bertz CT molecular complexity index is 906. The Morgan fingerprint density at radius 3 is 2.50 bits per heavy atom. The van der Waals surface area contributed by atoms with E-state index in [2.05, 4.69) is 0 Å². The number of phenols is 1. The van der Waals surface area contributed by atoms with Gasteiger partial charge >= 0.3 is 5.97 Å². The Hall–Kier alpha value is -3.19. The van der Waals surface area contributed by atoms with Crippen molar-refractivity contribution >= 4 is 29.4 Å². The number of aliphatic carboxylic acids is 1. The molecule has 0 aliphatic rings. The molecule has 0 bridgehead atoms. The third kappa shape index (κ3) is 5.40. The summed E-state index contributed by atoms with van der Waals surface area (Å²) in [6.07, 6.45) is 2.88. The lowest BCUT2D eigenvalue weighted by molar-refractivity contribution is -0.139. The van der Waals surface area contributed by atoms with E-state index in [4.69, 9.17) is 30.9 Å². The van der Waals surface area contributed by atoms with E-state index in [-0.39, 0.29) is 33.8 Å². The number of aromatic hydroxyl groups is 1. The van der Waals surface area contributed by atoms with Crippen molar-refractivity contribution in [1.29, 1.82) is 0 Å². The first-order valence-electron chi connectivity index (χ1n) is 8.26. The lowest BCUT2D eigenvalue weighted by Crippen LogP contribution is -2.10. The van der Waals surface area contributed by atoms with Crippen molar-refractivity contribution in [2.45, 2.75) is 6.92 Å². The average molecular weight is 407 g/mol. The van der Waals surface area contributed by atoms with Crippen LogP contribution in [0.1, 0.15) is 22.8 Å². The molecule has 2 rings (SSSR count). The van der Waals surface area contributed by atoms with Crippen molar-refractivity contribution in [3.63, 3.8) is 0 Å². The minimum Gasteiger partial charge on any atom is -0.503 e. The van der Waals surface area contributed by atoms with Gasteiger partial charge in [-0.15, -0.1) is 0 Å². The summed E-state index contributed by atoms with van der Waals surface area (Å²) in [4.78, 5) is 23.0. The molecule has 2 N–H and O–H groups in total. The first-order chi connectivity index (χ1) is 13.3. The number of carbonyl (C=O) groups excluding carboxylic acids is 1. The van der Waals surface area contributed by atoms with Gasteiger partial charge in [0.2, 0.25) is 0 Å². The maximum atomic E-state index is 12.4. The van der Waals surface area contributed by atoms with Crippen LogP contribution in [0.15, 0.2) is 36.4 Å². The number of halogens is 1. The predicted molar refractivity (Wildman–Crippen MR) is 104 cm³/mol. The molecule has 2 aromatic rings. The van der Waals surface area contributed by atoms with Crippen molar-refractivity contribution in [3.05, 3.63) is 52.6 Å². The van der Waals surface area contributed by atoms with Gasteiger partial charge in [-0.05, 0) is 48.9 Å². The molecule has 0 fully saturated rings. The van der Waals surface area contributed by atoms with Gasteiger partial charge in [0.25, 0.3) is 0 Å². The molecule has 0 spiro atoms. The molecule has 148 valence electrons. The highest BCUT2D eigenvalue weighted by molar-refractivity contribution is 6.32. The second-order valence-corrected chi connectivity index (χ2v) is 5.94.